The van der Waals surface area contributed by atoms with Crippen LogP contribution < -0.4 is 11.1 Å². The summed E-state index contributed by atoms with van der Waals surface area (Å²) in [7, 11) is 0. The number of nitrogens with zero attached hydrogens (tertiary/aromatic N) is 1. The zero-order valence-electron chi connectivity index (χ0n) is 10.2. The Morgan fingerprint density at radius 3 is 3.06 bits per heavy atom. The lowest BCUT2D eigenvalue weighted by Crippen LogP contribution is -2.35. The summed E-state index contributed by atoms with van der Waals surface area (Å²) in [5.74, 6) is 0.215. The predicted molar refractivity (Wildman–Crippen MR) is 63.8 cm³/mol. The van der Waals surface area contributed by atoms with Crippen LogP contribution in [-0.4, -0.2) is 36.2 Å². The van der Waals surface area contributed by atoms with Gasteiger partial charge in [0, 0.05) is 19.6 Å². The molecule has 0 saturated carbocycles. The molecule has 2 atom stereocenters. The van der Waals surface area contributed by atoms with Crippen LogP contribution in [0.25, 0.3) is 0 Å². The Hall–Kier alpha value is -1.30. The van der Waals surface area contributed by atoms with Gasteiger partial charge in [-0.25, -0.2) is 0 Å². The van der Waals surface area contributed by atoms with Crippen LogP contribution in [-0.2, 0) is 9.53 Å². The minimum atomic E-state index is -0.0242. The van der Waals surface area contributed by atoms with Crippen LogP contribution in [0.15, 0.2) is 5.16 Å². The van der Waals surface area contributed by atoms with Crippen molar-refractivity contribution in [1.29, 1.82) is 0 Å². The number of amidine groups is 1. The molecule has 0 aromatic carbocycles. The SMILES string of the molecule is CCC1OCCC1C(=O)NCCCC(N)=NO. The number of nitrogens with one attached hydrogen (secondary N) is 1. The first kappa shape index (κ1) is 13.8. The fourth-order valence-corrected chi connectivity index (χ4v) is 2.01. The van der Waals surface area contributed by atoms with Crippen molar-refractivity contribution in [3.63, 3.8) is 0 Å². The highest BCUT2D eigenvalue weighted by Gasteiger charge is 2.32. The molecule has 1 fully saturated rings. The summed E-state index contributed by atoms with van der Waals surface area (Å²) in [5.41, 5.74) is 5.32. The molecular weight excluding hydrogens is 222 g/mol. The number of ether oxygens (including phenoxy) is 1. The maximum absolute atomic E-state index is 11.8. The molecule has 0 aliphatic carbocycles. The van der Waals surface area contributed by atoms with Crippen molar-refractivity contribution in [2.24, 2.45) is 16.8 Å². The van der Waals surface area contributed by atoms with Gasteiger partial charge in [-0.2, -0.15) is 0 Å². The van der Waals surface area contributed by atoms with Crippen LogP contribution in [0.2, 0.25) is 0 Å². The van der Waals surface area contributed by atoms with E-state index in [1.54, 1.807) is 0 Å². The van der Waals surface area contributed by atoms with Gasteiger partial charge in [0.2, 0.25) is 5.91 Å². The Morgan fingerprint density at radius 2 is 2.41 bits per heavy atom. The van der Waals surface area contributed by atoms with Crippen molar-refractivity contribution in [2.75, 3.05) is 13.2 Å². The standard InChI is InChI=1S/C11H21N3O3/c1-2-9-8(5-7-17-9)11(15)13-6-3-4-10(12)14-16/h8-9,16H,2-7H2,1H3,(H2,12,14)(H,13,15). The van der Waals surface area contributed by atoms with Gasteiger partial charge in [0.25, 0.3) is 0 Å². The van der Waals surface area contributed by atoms with Crippen molar-refractivity contribution in [3.05, 3.63) is 0 Å². The van der Waals surface area contributed by atoms with Crippen LogP contribution >= 0.6 is 0 Å². The van der Waals surface area contributed by atoms with Gasteiger partial charge in [-0.3, -0.25) is 4.79 Å². The summed E-state index contributed by atoms with van der Waals surface area (Å²) in [4.78, 5) is 11.8. The quantitative estimate of drug-likeness (QED) is 0.207. The molecule has 2 unspecified atom stereocenters. The highest BCUT2D eigenvalue weighted by molar-refractivity contribution is 5.80. The van der Waals surface area contributed by atoms with Gasteiger partial charge < -0.3 is 21.0 Å². The van der Waals surface area contributed by atoms with Gasteiger partial charge in [0.15, 0.2) is 0 Å². The first-order valence-electron chi connectivity index (χ1n) is 6.04. The smallest absolute Gasteiger partial charge is 0.225 e. The zero-order valence-corrected chi connectivity index (χ0v) is 10.2. The Bertz CT molecular complexity index is 281. The summed E-state index contributed by atoms with van der Waals surface area (Å²) in [6, 6.07) is 0. The summed E-state index contributed by atoms with van der Waals surface area (Å²) in [5, 5.41) is 14.1. The fraction of sp³-hybridized carbons (Fsp3) is 0.818. The van der Waals surface area contributed by atoms with E-state index in [1.165, 1.54) is 0 Å². The second-order valence-corrected chi connectivity index (χ2v) is 4.20. The van der Waals surface area contributed by atoms with Crippen molar-refractivity contribution in [1.82, 2.24) is 5.32 Å². The van der Waals surface area contributed by atoms with Crippen molar-refractivity contribution < 1.29 is 14.7 Å². The van der Waals surface area contributed by atoms with Gasteiger partial charge >= 0.3 is 0 Å². The molecule has 6 heteroatoms. The molecule has 1 amide bonds. The van der Waals surface area contributed by atoms with E-state index in [0.717, 1.165) is 12.8 Å². The van der Waals surface area contributed by atoms with Gasteiger partial charge in [-0.15, -0.1) is 0 Å². The Morgan fingerprint density at radius 1 is 1.65 bits per heavy atom. The van der Waals surface area contributed by atoms with Crippen LogP contribution in [0, 0.1) is 5.92 Å². The molecule has 1 saturated heterocycles. The van der Waals surface area contributed by atoms with Gasteiger partial charge in [0.05, 0.1) is 12.0 Å². The molecule has 4 N–H and O–H groups in total. The summed E-state index contributed by atoms with van der Waals surface area (Å²) < 4.78 is 5.46. The van der Waals surface area contributed by atoms with Crippen LogP contribution in [0.4, 0.5) is 0 Å². The maximum atomic E-state index is 11.8. The van der Waals surface area contributed by atoms with E-state index >= 15 is 0 Å². The Kier molecular flexibility index (Phi) is 5.76. The fourth-order valence-electron chi connectivity index (χ4n) is 2.01. The number of hydrogen-bond acceptors (Lipinski definition) is 4. The Balaban J connectivity index is 2.21. The monoisotopic (exact) mass is 243 g/mol. The van der Waals surface area contributed by atoms with Crippen molar-refractivity contribution in [2.45, 2.75) is 38.7 Å². The lowest BCUT2D eigenvalue weighted by atomic mass is 9.99. The van der Waals surface area contributed by atoms with E-state index in [-0.39, 0.29) is 23.8 Å². The first-order chi connectivity index (χ1) is 8.19. The maximum Gasteiger partial charge on any atom is 0.225 e. The minimum absolute atomic E-state index is 0.0242. The summed E-state index contributed by atoms with van der Waals surface area (Å²) in [6.07, 6.45) is 2.87. The molecule has 1 rings (SSSR count). The van der Waals surface area contributed by atoms with E-state index in [9.17, 15) is 4.79 Å². The third kappa shape index (κ3) is 4.22. The molecule has 1 aliphatic heterocycles. The van der Waals surface area contributed by atoms with Crippen molar-refractivity contribution >= 4 is 11.7 Å². The summed E-state index contributed by atoms with van der Waals surface area (Å²) >= 11 is 0. The number of oxime groups is 1. The molecular formula is C11H21N3O3. The molecule has 98 valence electrons. The normalized spacial score (nSPS) is 24.9. The number of carbonyl (C=O) groups is 1. The molecule has 0 radical (unpaired) electrons. The number of amides is 1. The van der Waals surface area contributed by atoms with E-state index in [1.807, 2.05) is 6.92 Å². The predicted octanol–water partition coefficient (Wildman–Crippen LogP) is 0.444. The first-order valence-corrected chi connectivity index (χ1v) is 6.04. The second-order valence-electron chi connectivity index (χ2n) is 4.20. The molecule has 1 aliphatic rings. The van der Waals surface area contributed by atoms with Crippen LogP contribution in [0.3, 0.4) is 0 Å². The van der Waals surface area contributed by atoms with Gasteiger partial charge in [-0.05, 0) is 19.3 Å². The van der Waals surface area contributed by atoms with Gasteiger partial charge in [-0.1, -0.05) is 12.1 Å². The molecule has 0 spiro atoms. The molecule has 0 bridgehead atoms. The van der Waals surface area contributed by atoms with E-state index < -0.39 is 0 Å². The van der Waals surface area contributed by atoms with Crippen molar-refractivity contribution in [3.8, 4) is 0 Å². The van der Waals surface area contributed by atoms with Crippen LogP contribution in [0.1, 0.15) is 32.6 Å². The average molecular weight is 243 g/mol. The lowest BCUT2D eigenvalue weighted by Gasteiger charge is -2.16. The number of nitrogens with two attached hydrogens (primary N) is 1. The number of carbonyl (C=O) groups excluding carboxylic acids is 1. The van der Waals surface area contributed by atoms with E-state index in [4.69, 9.17) is 15.7 Å². The highest BCUT2D eigenvalue weighted by atomic mass is 16.5. The van der Waals surface area contributed by atoms with Gasteiger partial charge in [0.1, 0.15) is 5.84 Å². The third-order valence-electron chi connectivity index (χ3n) is 2.99. The lowest BCUT2D eigenvalue weighted by molar-refractivity contribution is -0.126. The molecule has 17 heavy (non-hydrogen) atoms. The third-order valence-corrected chi connectivity index (χ3v) is 2.99. The molecule has 1 heterocycles. The van der Waals surface area contributed by atoms with Crippen LogP contribution in [0.5, 0.6) is 0 Å². The van der Waals surface area contributed by atoms with E-state index in [2.05, 4.69) is 10.5 Å². The summed E-state index contributed by atoms with van der Waals surface area (Å²) in [6.45, 7) is 3.23. The average Bonchev–Trinajstić information content (AvgIpc) is 2.82. The molecule has 0 aromatic heterocycles. The Labute approximate surface area is 101 Å². The zero-order chi connectivity index (χ0) is 12.7. The number of rotatable bonds is 6. The minimum Gasteiger partial charge on any atom is -0.409 e. The highest BCUT2D eigenvalue weighted by Crippen LogP contribution is 2.23. The topological polar surface area (TPSA) is 96.9 Å². The number of hydrogen-bond donors (Lipinski definition) is 3. The second kappa shape index (κ2) is 7.11. The molecule has 6 nitrogen and oxygen atoms in total. The molecule has 0 aromatic rings. The van der Waals surface area contributed by atoms with E-state index in [0.29, 0.717) is 26.0 Å². The largest absolute Gasteiger partial charge is 0.409 e.